The number of pyridine rings is 1. The van der Waals surface area contributed by atoms with E-state index in [-0.39, 0.29) is 23.1 Å². The largest absolute Gasteiger partial charge is 0.377 e. The highest BCUT2D eigenvalue weighted by Crippen LogP contribution is 2.36. The summed E-state index contributed by atoms with van der Waals surface area (Å²) in [7, 11) is -3.17. The minimum Gasteiger partial charge on any atom is -0.377 e. The number of anilines is 1. The van der Waals surface area contributed by atoms with E-state index in [0.29, 0.717) is 25.5 Å². The van der Waals surface area contributed by atoms with Crippen LogP contribution in [0.4, 0.5) is 5.82 Å². The zero-order valence-corrected chi connectivity index (χ0v) is 23.3. The molecule has 0 bridgehead atoms. The van der Waals surface area contributed by atoms with Gasteiger partial charge in [0.1, 0.15) is 5.82 Å². The van der Waals surface area contributed by atoms with Crippen LogP contribution >= 0.6 is 0 Å². The van der Waals surface area contributed by atoms with Crippen molar-refractivity contribution in [2.45, 2.75) is 61.8 Å². The van der Waals surface area contributed by atoms with Crippen LogP contribution in [0.25, 0.3) is 22.3 Å². The van der Waals surface area contributed by atoms with Gasteiger partial charge in [-0.1, -0.05) is 54.6 Å². The SMILES string of the molecule is NC1(c2ccc(-c3cnc(NC(=O)C[C@H]4CC[C@H](NS(=O)(=O)C5CC5)CC4)cc3-c3ccccc3)cc2)COC1. The number of nitrogens with two attached hydrogens (primary N) is 1. The maximum Gasteiger partial charge on any atom is 0.225 e. The molecule has 0 spiro atoms. The molecule has 0 unspecified atom stereocenters. The smallest absolute Gasteiger partial charge is 0.225 e. The summed E-state index contributed by atoms with van der Waals surface area (Å²) < 4.78 is 32.7. The number of aromatic nitrogens is 1. The molecule has 6 rings (SSSR count). The van der Waals surface area contributed by atoms with Gasteiger partial charge in [-0.05, 0) is 72.8 Å². The Morgan fingerprint density at radius 2 is 1.60 bits per heavy atom. The van der Waals surface area contributed by atoms with Crippen molar-refractivity contribution in [3.8, 4) is 22.3 Å². The molecule has 40 heavy (non-hydrogen) atoms. The molecule has 0 radical (unpaired) electrons. The Hall–Kier alpha value is -3.11. The molecule has 1 amide bonds. The topological polar surface area (TPSA) is 123 Å². The summed E-state index contributed by atoms with van der Waals surface area (Å²) in [4.78, 5) is 17.6. The quantitative estimate of drug-likeness (QED) is 0.352. The third-order valence-electron chi connectivity index (χ3n) is 8.36. The predicted octanol–water partition coefficient (Wildman–Crippen LogP) is 4.57. The molecule has 2 aromatic carbocycles. The van der Waals surface area contributed by atoms with Crippen LogP contribution in [-0.4, -0.2) is 43.8 Å². The first-order chi connectivity index (χ1) is 19.3. The minimum atomic E-state index is -3.17. The molecule has 9 heteroatoms. The summed E-state index contributed by atoms with van der Waals surface area (Å²) in [5, 5.41) is 2.80. The molecular weight excluding hydrogens is 524 g/mol. The predicted molar refractivity (Wildman–Crippen MR) is 156 cm³/mol. The first kappa shape index (κ1) is 27.1. The number of sulfonamides is 1. The van der Waals surface area contributed by atoms with Crippen LogP contribution in [0.1, 0.15) is 50.5 Å². The van der Waals surface area contributed by atoms with Crippen molar-refractivity contribution < 1.29 is 17.9 Å². The van der Waals surface area contributed by atoms with Crippen LogP contribution in [0, 0.1) is 5.92 Å². The Morgan fingerprint density at radius 3 is 2.23 bits per heavy atom. The number of hydrogen-bond donors (Lipinski definition) is 3. The molecule has 210 valence electrons. The number of nitrogens with one attached hydrogen (secondary N) is 2. The molecule has 0 atom stereocenters. The maximum absolute atomic E-state index is 13.0. The van der Waals surface area contributed by atoms with E-state index >= 15 is 0 Å². The van der Waals surface area contributed by atoms with Gasteiger partial charge in [0.2, 0.25) is 15.9 Å². The average molecular weight is 561 g/mol. The fraction of sp³-hybridized carbons (Fsp3) is 0.419. The summed E-state index contributed by atoms with van der Waals surface area (Å²) in [5.74, 6) is 0.684. The lowest BCUT2D eigenvalue weighted by molar-refractivity contribution is -0.117. The van der Waals surface area contributed by atoms with Gasteiger partial charge in [-0.15, -0.1) is 0 Å². The van der Waals surface area contributed by atoms with E-state index < -0.39 is 15.6 Å². The second-order valence-electron chi connectivity index (χ2n) is 11.5. The number of ether oxygens (including phenoxy) is 1. The van der Waals surface area contributed by atoms with E-state index in [9.17, 15) is 13.2 Å². The second kappa shape index (κ2) is 11.0. The van der Waals surface area contributed by atoms with E-state index in [0.717, 1.165) is 66.3 Å². The molecule has 3 aliphatic rings. The molecule has 1 saturated heterocycles. The van der Waals surface area contributed by atoms with E-state index in [2.05, 4.69) is 39.3 Å². The van der Waals surface area contributed by atoms with Gasteiger partial charge in [-0.25, -0.2) is 18.1 Å². The number of rotatable bonds is 9. The highest BCUT2D eigenvalue weighted by Gasteiger charge is 2.38. The molecule has 2 heterocycles. The van der Waals surface area contributed by atoms with Crippen LogP contribution in [0.2, 0.25) is 0 Å². The molecule has 3 fully saturated rings. The Bertz CT molecular complexity index is 1460. The molecule has 8 nitrogen and oxygen atoms in total. The first-order valence-corrected chi connectivity index (χ1v) is 15.7. The third kappa shape index (κ3) is 5.98. The Kier molecular flexibility index (Phi) is 7.48. The van der Waals surface area contributed by atoms with Crippen molar-refractivity contribution in [2.24, 2.45) is 11.7 Å². The molecule has 3 aromatic rings. The van der Waals surface area contributed by atoms with Crippen LogP contribution in [-0.2, 0) is 25.1 Å². The summed E-state index contributed by atoms with van der Waals surface area (Å²) in [5.41, 5.74) is 11.0. The van der Waals surface area contributed by atoms with Crippen molar-refractivity contribution in [2.75, 3.05) is 18.5 Å². The third-order valence-corrected chi connectivity index (χ3v) is 10.4. The standard InChI is InChI=1S/C31H36N4O4S/c32-31(19-39-20-31)24-10-8-23(9-11-24)28-18-33-29(17-27(28)22-4-2-1-3-5-22)34-30(36)16-21-6-12-25(13-7-21)35-40(37,38)26-14-15-26/h1-5,8-11,17-18,21,25-26,35H,6-7,12-16,19-20,32H2,(H,33,34,36)/t21-,25-. The molecule has 4 N–H and O–H groups in total. The number of carbonyl (C=O) groups is 1. The highest BCUT2D eigenvalue weighted by atomic mass is 32.2. The number of benzene rings is 2. The first-order valence-electron chi connectivity index (χ1n) is 14.1. The monoisotopic (exact) mass is 560 g/mol. The molecule has 1 aromatic heterocycles. The number of amides is 1. The van der Waals surface area contributed by atoms with Gasteiger partial charge >= 0.3 is 0 Å². The van der Waals surface area contributed by atoms with Gasteiger partial charge < -0.3 is 15.8 Å². The lowest BCUT2D eigenvalue weighted by Crippen LogP contribution is -2.54. The number of carbonyl (C=O) groups excluding carboxylic acids is 1. The van der Waals surface area contributed by atoms with Gasteiger partial charge in [0.15, 0.2) is 0 Å². The van der Waals surface area contributed by atoms with E-state index in [1.165, 1.54) is 0 Å². The lowest BCUT2D eigenvalue weighted by atomic mass is 9.84. The van der Waals surface area contributed by atoms with E-state index in [4.69, 9.17) is 10.5 Å². The summed E-state index contributed by atoms with van der Waals surface area (Å²) >= 11 is 0. The summed E-state index contributed by atoms with van der Waals surface area (Å²) in [6.45, 7) is 1.05. The Labute approximate surface area is 235 Å². The number of hydrogen-bond acceptors (Lipinski definition) is 6. The lowest BCUT2D eigenvalue weighted by Gasteiger charge is -2.38. The molecule has 2 aliphatic carbocycles. The Balaban J connectivity index is 1.12. The van der Waals surface area contributed by atoms with Crippen molar-refractivity contribution in [3.63, 3.8) is 0 Å². The molecule has 1 aliphatic heterocycles. The van der Waals surface area contributed by atoms with Crippen molar-refractivity contribution in [1.82, 2.24) is 9.71 Å². The number of nitrogens with zero attached hydrogens (tertiary/aromatic N) is 1. The van der Waals surface area contributed by atoms with Gasteiger partial charge in [0.25, 0.3) is 0 Å². The van der Waals surface area contributed by atoms with Crippen LogP contribution < -0.4 is 15.8 Å². The van der Waals surface area contributed by atoms with Crippen LogP contribution in [0.5, 0.6) is 0 Å². The van der Waals surface area contributed by atoms with Crippen molar-refractivity contribution in [1.29, 1.82) is 0 Å². The fourth-order valence-electron chi connectivity index (χ4n) is 5.73. The fourth-order valence-corrected chi connectivity index (χ4v) is 7.38. The summed E-state index contributed by atoms with van der Waals surface area (Å²) in [6, 6.07) is 20.2. The van der Waals surface area contributed by atoms with Crippen molar-refractivity contribution in [3.05, 3.63) is 72.4 Å². The Morgan fingerprint density at radius 1 is 0.925 bits per heavy atom. The highest BCUT2D eigenvalue weighted by molar-refractivity contribution is 7.90. The van der Waals surface area contributed by atoms with E-state index in [1.54, 1.807) is 0 Å². The van der Waals surface area contributed by atoms with Gasteiger partial charge in [-0.3, -0.25) is 4.79 Å². The summed E-state index contributed by atoms with van der Waals surface area (Å²) in [6.07, 6.45) is 6.95. The molecular formula is C31H36N4O4S. The van der Waals surface area contributed by atoms with Gasteiger partial charge in [0.05, 0.1) is 24.0 Å². The van der Waals surface area contributed by atoms with Crippen LogP contribution in [0.3, 0.4) is 0 Å². The second-order valence-corrected chi connectivity index (χ2v) is 13.5. The van der Waals surface area contributed by atoms with Crippen molar-refractivity contribution >= 4 is 21.7 Å². The minimum absolute atomic E-state index is 0.0148. The molecule has 2 saturated carbocycles. The van der Waals surface area contributed by atoms with Crippen LogP contribution in [0.15, 0.2) is 66.9 Å². The normalized spacial score (nSPS) is 22.3. The zero-order chi connectivity index (χ0) is 27.7. The zero-order valence-electron chi connectivity index (χ0n) is 22.5. The van der Waals surface area contributed by atoms with Gasteiger partial charge in [-0.2, -0.15) is 0 Å². The van der Waals surface area contributed by atoms with E-state index in [1.807, 2.05) is 42.6 Å². The van der Waals surface area contributed by atoms with Gasteiger partial charge in [0, 0.05) is 24.2 Å². The average Bonchev–Trinajstić information content (AvgIpc) is 3.80. The maximum atomic E-state index is 13.0.